The van der Waals surface area contributed by atoms with E-state index in [2.05, 4.69) is 4.72 Å². The number of ether oxygens (including phenoxy) is 1. The van der Waals surface area contributed by atoms with Gasteiger partial charge in [-0.05, 0) is 49.8 Å². The van der Waals surface area contributed by atoms with Crippen molar-refractivity contribution < 1.29 is 13.2 Å². The number of nitrogens with two attached hydrogens (primary N) is 1. The predicted molar refractivity (Wildman–Crippen MR) is 82.4 cm³/mol. The quantitative estimate of drug-likeness (QED) is 0.864. The molecule has 1 saturated heterocycles. The van der Waals surface area contributed by atoms with Crippen LogP contribution in [-0.4, -0.2) is 27.7 Å². The summed E-state index contributed by atoms with van der Waals surface area (Å²) >= 11 is 0. The third-order valence-corrected chi connectivity index (χ3v) is 5.92. The standard InChI is InChI=1S/C15H24N2O3S/c1-11-14(10-16)4-3-5-15(11)21(18,19)17-12(2)13-6-8-20-9-7-13/h3-5,12-13,17H,6-10,16H2,1-2H3. The Kier molecular flexibility index (Phi) is 5.37. The van der Waals surface area contributed by atoms with Crippen molar-refractivity contribution in [2.45, 2.75) is 44.2 Å². The van der Waals surface area contributed by atoms with E-state index in [1.807, 2.05) is 13.0 Å². The van der Waals surface area contributed by atoms with Crippen LogP contribution in [0.4, 0.5) is 0 Å². The first-order valence-corrected chi connectivity index (χ1v) is 8.82. The lowest BCUT2D eigenvalue weighted by Crippen LogP contribution is -2.40. The van der Waals surface area contributed by atoms with E-state index in [1.54, 1.807) is 19.1 Å². The van der Waals surface area contributed by atoms with E-state index in [0.717, 1.165) is 24.0 Å². The molecule has 1 aromatic rings. The van der Waals surface area contributed by atoms with E-state index in [1.165, 1.54) is 0 Å². The smallest absolute Gasteiger partial charge is 0.241 e. The summed E-state index contributed by atoms with van der Waals surface area (Å²) in [6.07, 6.45) is 1.79. The molecule has 0 aromatic heterocycles. The maximum absolute atomic E-state index is 12.6. The summed E-state index contributed by atoms with van der Waals surface area (Å²) in [5, 5.41) is 0. The molecule has 1 atom stereocenters. The summed E-state index contributed by atoms with van der Waals surface area (Å²) in [4.78, 5) is 0.323. The van der Waals surface area contributed by atoms with Gasteiger partial charge in [0.05, 0.1) is 4.90 Å². The Morgan fingerprint density at radius 2 is 2.05 bits per heavy atom. The van der Waals surface area contributed by atoms with E-state index < -0.39 is 10.0 Å². The topological polar surface area (TPSA) is 81.4 Å². The number of benzene rings is 1. The first-order valence-electron chi connectivity index (χ1n) is 7.34. The van der Waals surface area contributed by atoms with Crippen LogP contribution in [0.3, 0.4) is 0 Å². The molecule has 5 nitrogen and oxygen atoms in total. The van der Waals surface area contributed by atoms with Gasteiger partial charge in [-0.15, -0.1) is 0 Å². The zero-order chi connectivity index (χ0) is 15.5. The molecule has 0 bridgehead atoms. The van der Waals surface area contributed by atoms with E-state index in [4.69, 9.17) is 10.5 Å². The van der Waals surface area contributed by atoms with Gasteiger partial charge in [-0.3, -0.25) is 0 Å². The minimum atomic E-state index is -3.52. The highest BCUT2D eigenvalue weighted by atomic mass is 32.2. The van der Waals surface area contributed by atoms with Crippen molar-refractivity contribution in [1.29, 1.82) is 0 Å². The Hall–Kier alpha value is -0.950. The first kappa shape index (κ1) is 16.4. The molecule has 1 unspecified atom stereocenters. The van der Waals surface area contributed by atoms with E-state index in [0.29, 0.717) is 30.6 Å². The van der Waals surface area contributed by atoms with Gasteiger partial charge in [-0.1, -0.05) is 12.1 Å². The summed E-state index contributed by atoms with van der Waals surface area (Å²) in [7, 11) is -3.52. The molecule has 0 radical (unpaired) electrons. The van der Waals surface area contributed by atoms with Gasteiger partial charge >= 0.3 is 0 Å². The van der Waals surface area contributed by atoms with Crippen LogP contribution in [0.1, 0.15) is 30.9 Å². The lowest BCUT2D eigenvalue weighted by Gasteiger charge is -2.28. The summed E-state index contributed by atoms with van der Waals surface area (Å²) in [6.45, 7) is 5.48. The highest BCUT2D eigenvalue weighted by molar-refractivity contribution is 7.89. The minimum Gasteiger partial charge on any atom is -0.381 e. The summed E-state index contributed by atoms with van der Waals surface area (Å²) in [5.41, 5.74) is 7.24. The third-order valence-electron chi connectivity index (χ3n) is 4.22. The Morgan fingerprint density at radius 3 is 2.67 bits per heavy atom. The average Bonchev–Trinajstić information content (AvgIpc) is 2.47. The number of rotatable bonds is 5. The summed E-state index contributed by atoms with van der Waals surface area (Å²) in [6, 6.07) is 5.13. The third kappa shape index (κ3) is 3.83. The van der Waals surface area contributed by atoms with Crippen LogP contribution in [0.2, 0.25) is 0 Å². The van der Waals surface area contributed by atoms with Gasteiger partial charge < -0.3 is 10.5 Å². The Labute approximate surface area is 126 Å². The SMILES string of the molecule is Cc1c(CN)cccc1S(=O)(=O)NC(C)C1CCOCC1. The van der Waals surface area contributed by atoms with Gasteiger partial charge in [-0.2, -0.15) is 0 Å². The number of hydrogen-bond acceptors (Lipinski definition) is 4. The van der Waals surface area contributed by atoms with Crippen LogP contribution in [0.5, 0.6) is 0 Å². The predicted octanol–water partition coefficient (Wildman–Crippen LogP) is 1.55. The van der Waals surface area contributed by atoms with E-state index in [9.17, 15) is 8.42 Å². The normalized spacial score (nSPS) is 18.6. The number of nitrogens with one attached hydrogen (secondary N) is 1. The van der Waals surface area contributed by atoms with Crippen molar-refractivity contribution in [3.05, 3.63) is 29.3 Å². The van der Waals surface area contributed by atoms with Crippen LogP contribution in [-0.2, 0) is 21.3 Å². The van der Waals surface area contributed by atoms with Crippen LogP contribution in [0.25, 0.3) is 0 Å². The maximum atomic E-state index is 12.6. The fourth-order valence-electron chi connectivity index (χ4n) is 2.79. The van der Waals surface area contributed by atoms with Gasteiger partial charge in [0.2, 0.25) is 10.0 Å². The molecule has 1 aromatic carbocycles. The summed E-state index contributed by atoms with van der Waals surface area (Å²) < 4.78 is 33.3. The second kappa shape index (κ2) is 6.87. The zero-order valence-corrected chi connectivity index (χ0v) is 13.4. The molecule has 0 saturated carbocycles. The molecule has 21 heavy (non-hydrogen) atoms. The largest absolute Gasteiger partial charge is 0.381 e. The van der Waals surface area contributed by atoms with Crippen molar-refractivity contribution in [3.8, 4) is 0 Å². The average molecular weight is 312 g/mol. The molecule has 0 aliphatic carbocycles. The van der Waals surface area contributed by atoms with Gasteiger partial charge in [0.1, 0.15) is 0 Å². The molecular formula is C15H24N2O3S. The Balaban J connectivity index is 2.18. The fourth-order valence-corrected chi connectivity index (χ4v) is 4.39. The molecule has 3 N–H and O–H groups in total. The molecule has 118 valence electrons. The van der Waals surface area contributed by atoms with Gasteiger partial charge in [0.25, 0.3) is 0 Å². The number of hydrogen-bond donors (Lipinski definition) is 2. The van der Waals surface area contributed by atoms with Gasteiger partial charge in [-0.25, -0.2) is 13.1 Å². The van der Waals surface area contributed by atoms with Crippen molar-refractivity contribution in [3.63, 3.8) is 0 Å². The highest BCUT2D eigenvalue weighted by Gasteiger charge is 2.26. The van der Waals surface area contributed by atoms with Crippen molar-refractivity contribution in [1.82, 2.24) is 4.72 Å². The molecule has 2 rings (SSSR count). The molecular weight excluding hydrogens is 288 g/mol. The molecule has 0 spiro atoms. The lowest BCUT2D eigenvalue weighted by molar-refractivity contribution is 0.0585. The van der Waals surface area contributed by atoms with Gasteiger partial charge in [0.15, 0.2) is 0 Å². The molecule has 1 fully saturated rings. The van der Waals surface area contributed by atoms with Crippen LogP contribution in [0, 0.1) is 12.8 Å². The minimum absolute atomic E-state index is 0.0974. The van der Waals surface area contributed by atoms with Crippen LogP contribution < -0.4 is 10.5 Å². The maximum Gasteiger partial charge on any atom is 0.241 e. The van der Waals surface area contributed by atoms with Crippen molar-refractivity contribution in [2.24, 2.45) is 11.7 Å². The highest BCUT2D eigenvalue weighted by Crippen LogP contribution is 2.23. The monoisotopic (exact) mass is 312 g/mol. The van der Waals surface area contributed by atoms with Crippen molar-refractivity contribution in [2.75, 3.05) is 13.2 Å². The van der Waals surface area contributed by atoms with E-state index in [-0.39, 0.29) is 6.04 Å². The molecule has 1 heterocycles. The van der Waals surface area contributed by atoms with E-state index >= 15 is 0 Å². The Bertz CT molecular complexity index is 581. The molecule has 0 amide bonds. The first-order chi connectivity index (χ1) is 9.95. The second-order valence-electron chi connectivity index (χ2n) is 5.60. The second-order valence-corrected chi connectivity index (χ2v) is 7.29. The Morgan fingerprint density at radius 1 is 1.38 bits per heavy atom. The molecule has 1 aliphatic rings. The fraction of sp³-hybridized carbons (Fsp3) is 0.600. The van der Waals surface area contributed by atoms with Crippen molar-refractivity contribution >= 4 is 10.0 Å². The van der Waals surface area contributed by atoms with Crippen LogP contribution in [0.15, 0.2) is 23.1 Å². The van der Waals surface area contributed by atoms with Gasteiger partial charge in [0, 0.05) is 25.8 Å². The van der Waals surface area contributed by atoms with Crippen LogP contribution >= 0.6 is 0 Å². The lowest BCUT2D eigenvalue weighted by atomic mass is 9.94. The molecule has 6 heteroatoms. The molecule has 1 aliphatic heterocycles. The summed E-state index contributed by atoms with van der Waals surface area (Å²) in [5.74, 6) is 0.325. The zero-order valence-electron chi connectivity index (χ0n) is 12.6. The number of sulfonamides is 1.